The van der Waals surface area contributed by atoms with E-state index in [4.69, 9.17) is 0 Å². The van der Waals surface area contributed by atoms with Crippen LogP contribution in [0.25, 0.3) is 10.9 Å². The molecule has 1 aliphatic rings. The maximum Gasteiger partial charge on any atom is 0.337 e. The number of aromatic carboxylic acids is 1. The molecule has 0 radical (unpaired) electrons. The minimum Gasteiger partial charge on any atom is -0.478 e. The van der Waals surface area contributed by atoms with E-state index in [-0.39, 0.29) is 0 Å². The van der Waals surface area contributed by atoms with Gasteiger partial charge >= 0.3 is 5.97 Å². The zero-order valence-corrected chi connectivity index (χ0v) is 10.3. The van der Waals surface area contributed by atoms with Gasteiger partial charge in [0.05, 0.1) is 11.1 Å². The van der Waals surface area contributed by atoms with E-state index in [9.17, 15) is 9.90 Å². The molecule has 0 atom stereocenters. The van der Waals surface area contributed by atoms with Gasteiger partial charge in [0.2, 0.25) is 0 Å². The minimum absolute atomic E-state index is 0.420. The number of carboxylic acids is 1. The van der Waals surface area contributed by atoms with Crippen LogP contribution in [0.2, 0.25) is 0 Å². The van der Waals surface area contributed by atoms with Crippen molar-refractivity contribution in [2.75, 3.05) is 0 Å². The quantitative estimate of drug-likeness (QED) is 0.870. The predicted molar refractivity (Wildman–Crippen MR) is 71.0 cm³/mol. The lowest BCUT2D eigenvalue weighted by Gasteiger charge is -2.24. The molecule has 3 rings (SSSR count). The average molecular weight is 243 g/mol. The van der Waals surface area contributed by atoms with E-state index in [2.05, 4.69) is 4.57 Å². The maximum atomic E-state index is 11.3. The number of hydrogen-bond donors (Lipinski definition) is 1. The Morgan fingerprint density at radius 3 is 2.67 bits per heavy atom. The third-order valence-electron chi connectivity index (χ3n) is 3.94. The van der Waals surface area contributed by atoms with Gasteiger partial charge in [-0.3, -0.25) is 0 Å². The molecule has 0 bridgehead atoms. The van der Waals surface area contributed by atoms with E-state index in [0.717, 1.165) is 23.7 Å². The van der Waals surface area contributed by atoms with Crippen molar-refractivity contribution in [3.63, 3.8) is 0 Å². The number of aromatic nitrogens is 1. The summed E-state index contributed by atoms with van der Waals surface area (Å²) >= 11 is 0. The van der Waals surface area contributed by atoms with E-state index in [1.165, 1.54) is 19.3 Å². The first-order valence-corrected chi connectivity index (χ1v) is 6.60. The number of rotatable bonds is 2. The van der Waals surface area contributed by atoms with Crippen molar-refractivity contribution in [1.82, 2.24) is 4.57 Å². The Morgan fingerprint density at radius 2 is 1.94 bits per heavy atom. The highest BCUT2D eigenvalue weighted by molar-refractivity contribution is 6.02. The summed E-state index contributed by atoms with van der Waals surface area (Å²) < 4.78 is 2.18. The van der Waals surface area contributed by atoms with Crippen LogP contribution < -0.4 is 0 Å². The molecule has 3 heteroatoms. The van der Waals surface area contributed by atoms with Crippen molar-refractivity contribution in [3.05, 3.63) is 36.0 Å². The molecule has 0 unspecified atom stereocenters. The lowest BCUT2D eigenvalue weighted by Crippen LogP contribution is -2.13. The summed E-state index contributed by atoms with van der Waals surface area (Å²) in [5.74, 6) is -0.837. The van der Waals surface area contributed by atoms with Gasteiger partial charge in [0.1, 0.15) is 0 Å². The molecule has 1 saturated carbocycles. The topological polar surface area (TPSA) is 42.2 Å². The van der Waals surface area contributed by atoms with E-state index in [1.807, 2.05) is 24.4 Å². The lowest BCUT2D eigenvalue weighted by molar-refractivity contribution is 0.0698. The lowest BCUT2D eigenvalue weighted by atomic mass is 9.95. The minimum atomic E-state index is -0.837. The second kappa shape index (κ2) is 4.48. The van der Waals surface area contributed by atoms with Gasteiger partial charge in [-0.2, -0.15) is 0 Å². The summed E-state index contributed by atoms with van der Waals surface area (Å²) in [7, 11) is 0. The van der Waals surface area contributed by atoms with E-state index in [0.29, 0.717) is 11.6 Å². The second-order valence-corrected chi connectivity index (χ2v) is 5.06. The summed E-state index contributed by atoms with van der Waals surface area (Å²) in [5, 5.41) is 10.3. The van der Waals surface area contributed by atoms with Crippen LogP contribution in [-0.2, 0) is 0 Å². The Morgan fingerprint density at radius 1 is 1.17 bits per heavy atom. The van der Waals surface area contributed by atoms with Crippen LogP contribution in [0, 0.1) is 0 Å². The molecular formula is C15H17NO2. The summed E-state index contributed by atoms with van der Waals surface area (Å²) in [4.78, 5) is 11.3. The van der Waals surface area contributed by atoms with Crippen molar-refractivity contribution < 1.29 is 9.90 Å². The van der Waals surface area contributed by atoms with E-state index >= 15 is 0 Å². The van der Waals surface area contributed by atoms with Gasteiger partial charge in [-0.1, -0.05) is 31.4 Å². The number of carboxylic acid groups (broad SMARTS) is 1. The Balaban J connectivity index is 2.14. The molecule has 3 nitrogen and oxygen atoms in total. The fourth-order valence-electron chi connectivity index (χ4n) is 3.06. The molecule has 2 aromatic rings. The van der Waals surface area contributed by atoms with Crippen LogP contribution in [0.15, 0.2) is 30.5 Å². The molecule has 94 valence electrons. The molecule has 1 fully saturated rings. The van der Waals surface area contributed by atoms with E-state index in [1.54, 1.807) is 6.07 Å². The van der Waals surface area contributed by atoms with Gasteiger partial charge < -0.3 is 9.67 Å². The van der Waals surface area contributed by atoms with Crippen molar-refractivity contribution >= 4 is 16.9 Å². The molecule has 0 aliphatic heterocycles. The molecule has 1 aromatic heterocycles. The predicted octanol–water partition coefficient (Wildman–Crippen LogP) is 3.84. The zero-order chi connectivity index (χ0) is 12.5. The first-order valence-electron chi connectivity index (χ1n) is 6.60. The fraction of sp³-hybridized carbons (Fsp3) is 0.400. The van der Waals surface area contributed by atoms with Crippen molar-refractivity contribution in [2.45, 2.75) is 38.1 Å². The zero-order valence-electron chi connectivity index (χ0n) is 10.3. The van der Waals surface area contributed by atoms with Crippen LogP contribution in [0.3, 0.4) is 0 Å². The first kappa shape index (κ1) is 11.3. The van der Waals surface area contributed by atoms with Crippen LogP contribution in [0.4, 0.5) is 0 Å². The Labute approximate surface area is 106 Å². The van der Waals surface area contributed by atoms with E-state index < -0.39 is 5.97 Å². The highest BCUT2D eigenvalue weighted by Gasteiger charge is 2.19. The van der Waals surface area contributed by atoms with Gasteiger partial charge in [-0.15, -0.1) is 0 Å². The standard InChI is InChI=1S/C15H17NO2/c17-15(18)13-8-4-5-11-9-10-16(14(11)13)12-6-2-1-3-7-12/h4-5,8-10,12H,1-3,6-7H2,(H,17,18). The van der Waals surface area contributed by atoms with Crippen molar-refractivity contribution in [2.24, 2.45) is 0 Å². The van der Waals surface area contributed by atoms with Crippen LogP contribution in [0.5, 0.6) is 0 Å². The molecule has 1 heterocycles. The van der Waals surface area contributed by atoms with Crippen molar-refractivity contribution in [3.8, 4) is 0 Å². The highest BCUT2D eigenvalue weighted by Crippen LogP contribution is 2.32. The molecule has 1 aliphatic carbocycles. The fourth-order valence-corrected chi connectivity index (χ4v) is 3.06. The number of fused-ring (bicyclic) bond motifs is 1. The largest absolute Gasteiger partial charge is 0.478 e. The van der Waals surface area contributed by atoms with Gasteiger partial charge in [-0.05, 0) is 25.0 Å². The molecule has 0 spiro atoms. The molecule has 18 heavy (non-hydrogen) atoms. The third kappa shape index (κ3) is 1.80. The van der Waals surface area contributed by atoms with Crippen molar-refractivity contribution in [1.29, 1.82) is 0 Å². The molecule has 0 amide bonds. The smallest absolute Gasteiger partial charge is 0.337 e. The summed E-state index contributed by atoms with van der Waals surface area (Å²) in [6.07, 6.45) is 8.18. The Kier molecular flexibility index (Phi) is 2.82. The first-order chi connectivity index (χ1) is 8.77. The molecular weight excluding hydrogens is 226 g/mol. The van der Waals surface area contributed by atoms with Crippen LogP contribution in [0.1, 0.15) is 48.5 Å². The van der Waals surface area contributed by atoms with Gasteiger partial charge in [0.15, 0.2) is 0 Å². The highest BCUT2D eigenvalue weighted by atomic mass is 16.4. The Hall–Kier alpha value is -1.77. The monoisotopic (exact) mass is 243 g/mol. The average Bonchev–Trinajstić information content (AvgIpc) is 2.83. The van der Waals surface area contributed by atoms with Gasteiger partial charge in [0, 0.05) is 17.6 Å². The van der Waals surface area contributed by atoms with Crippen LogP contribution in [-0.4, -0.2) is 15.6 Å². The number of para-hydroxylation sites is 1. The second-order valence-electron chi connectivity index (χ2n) is 5.06. The number of nitrogens with zero attached hydrogens (tertiary/aromatic N) is 1. The van der Waals surface area contributed by atoms with Crippen LogP contribution >= 0.6 is 0 Å². The Bertz CT molecular complexity index is 579. The molecule has 1 N–H and O–H groups in total. The van der Waals surface area contributed by atoms with Gasteiger partial charge in [0.25, 0.3) is 0 Å². The normalized spacial score (nSPS) is 17.1. The number of benzene rings is 1. The molecule has 1 aromatic carbocycles. The summed E-state index contributed by atoms with van der Waals surface area (Å²) in [5.41, 5.74) is 1.31. The summed E-state index contributed by atoms with van der Waals surface area (Å²) in [6.45, 7) is 0. The molecule has 0 saturated heterocycles. The van der Waals surface area contributed by atoms with Gasteiger partial charge in [-0.25, -0.2) is 4.79 Å². The number of hydrogen-bond acceptors (Lipinski definition) is 1. The summed E-state index contributed by atoms with van der Waals surface area (Å²) in [6, 6.07) is 8.00. The number of carbonyl (C=O) groups is 1. The SMILES string of the molecule is O=C(O)c1cccc2ccn(C3CCCCC3)c12. The third-order valence-corrected chi connectivity index (χ3v) is 3.94. The maximum absolute atomic E-state index is 11.3.